The van der Waals surface area contributed by atoms with Gasteiger partial charge in [-0.25, -0.2) is 0 Å². The number of hydrogen-bond donors (Lipinski definition) is 1. The number of benzene rings is 1. The monoisotopic (exact) mass is 294 g/mol. The van der Waals surface area contributed by atoms with Gasteiger partial charge in [0.15, 0.2) is 0 Å². The number of nitrogens with zero attached hydrogens (tertiary/aromatic N) is 3. The Labute approximate surface area is 129 Å². The fourth-order valence-corrected chi connectivity index (χ4v) is 2.61. The second kappa shape index (κ2) is 5.78. The van der Waals surface area contributed by atoms with Crippen LogP contribution in [0.15, 0.2) is 24.3 Å². The van der Waals surface area contributed by atoms with Gasteiger partial charge in [-0.2, -0.15) is 10.5 Å². The molecule has 1 heterocycles. The predicted molar refractivity (Wildman–Crippen MR) is 85.6 cm³/mol. The lowest BCUT2D eigenvalue weighted by molar-refractivity contribution is 0.795. The Hall–Kier alpha value is -2.63. The number of rotatable bonds is 3. The van der Waals surface area contributed by atoms with E-state index in [0.717, 1.165) is 22.5 Å². The van der Waals surface area contributed by atoms with Gasteiger partial charge in [0, 0.05) is 17.0 Å². The smallest absolute Gasteiger partial charge is 0.102 e. The summed E-state index contributed by atoms with van der Waals surface area (Å²) < 4.78 is 1.95. The normalized spacial score (nSPS) is 9.90. The van der Waals surface area contributed by atoms with Gasteiger partial charge in [-0.3, -0.25) is 0 Å². The van der Waals surface area contributed by atoms with Gasteiger partial charge in [0.2, 0.25) is 0 Å². The SMILES string of the molecule is Cc1c(C#N)c(-c2ccc(C#N)cc2)c(C)n1CC(N)=S. The molecular weight excluding hydrogens is 280 g/mol. The minimum Gasteiger partial charge on any atom is -0.392 e. The summed E-state index contributed by atoms with van der Waals surface area (Å²) >= 11 is 4.97. The zero-order valence-corrected chi connectivity index (χ0v) is 12.7. The van der Waals surface area contributed by atoms with Gasteiger partial charge in [-0.1, -0.05) is 24.4 Å². The average molecular weight is 294 g/mol. The summed E-state index contributed by atoms with van der Waals surface area (Å²) in [6.45, 7) is 4.24. The van der Waals surface area contributed by atoms with Gasteiger partial charge in [-0.05, 0) is 31.5 Å². The molecule has 0 aliphatic rings. The first-order chi connectivity index (χ1) is 9.99. The molecule has 1 aromatic heterocycles. The highest BCUT2D eigenvalue weighted by Gasteiger charge is 2.19. The molecule has 2 rings (SSSR count). The van der Waals surface area contributed by atoms with Gasteiger partial charge in [-0.15, -0.1) is 0 Å². The Kier molecular flexibility index (Phi) is 4.07. The fraction of sp³-hybridized carbons (Fsp3) is 0.188. The number of hydrogen-bond acceptors (Lipinski definition) is 3. The molecule has 4 nitrogen and oxygen atoms in total. The van der Waals surface area contributed by atoms with Crippen molar-refractivity contribution in [3.05, 3.63) is 46.8 Å². The molecule has 0 saturated carbocycles. The number of aromatic nitrogens is 1. The summed E-state index contributed by atoms with van der Waals surface area (Å²) in [5.74, 6) is 0. The van der Waals surface area contributed by atoms with E-state index in [-0.39, 0.29) is 0 Å². The van der Waals surface area contributed by atoms with E-state index >= 15 is 0 Å². The Balaban J connectivity index is 2.65. The van der Waals surface area contributed by atoms with Crippen molar-refractivity contribution in [3.63, 3.8) is 0 Å². The molecule has 0 atom stereocenters. The topological polar surface area (TPSA) is 78.5 Å². The molecule has 0 aliphatic heterocycles. The maximum Gasteiger partial charge on any atom is 0.102 e. The molecule has 0 bridgehead atoms. The van der Waals surface area contributed by atoms with Crippen LogP contribution in [0.1, 0.15) is 22.5 Å². The Morgan fingerprint density at radius 2 is 1.76 bits per heavy atom. The van der Waals surface area contributed by atoms with E-state index in [1.165, 1.54) is 0 Å². The van der Waals surface area contributed by atoms with Gasteiger partial charge in [0.1, 0.15) is 6.07 Å². The van der Waals surface area contributed by atoms with E-state index < -0.39 is 0 Å². The zero-order valence-electron chi connectivity index (χ0n) is 11.8. The molecule has 0 saturated heterocycles. The van der Waals surface area contributed by atoms with E-state index in [1.807, 2.05) is 30.5 Å². The van der Waals surface area contributed by atoms with Crippen molar-refractivity contribution >= 4 is 17.2 Å². The molecule has 21 heavy (non-hydrogen) atoms. The van der Waals surface area contributed by atoms with Crippen LogP contribution in [-0.2, 0) is 6.54 Å². The van der Waals surface area contributed by atoms with Gasteiger partial charge in [0.25, 0.3) is 0 Å². The molecule has 104 valence electrons. The minimum atomic E-state index is 0.382. The van der Waals surface area contributed by atoms with Crippen molar-refractivity contribution in [3.8, 4) is 23.3 Å². The minimum absolute atomic E-state index is 0.382. The van der Waals surface area contributed by atoms with Gasteiger partial charge < -0.3 is 10.3 Å². The van der Waals surface area contributed by atoms with Crippen molar-refractivity contribution in [2.75, 3.05) is 0 Å². The molecule has 2 N–H and O–H groups in total. The van der Waals surface area contributed by atoms with Crippen LogP contribution >= 0.6 is 12.2 Å². The highest BCUT2D eigenvalue weighted by Crippen LogP contribution is 2.32. The maximum atomic E-state index is 9.45. The molecule has 5 heteroatoms. The summed E-state index contributed by atoms with van der Waals surface area (Å²) in [4.78, 5) is 0.382. The number of nitrogens with two attached hydrogens (primary N) is 1. The van der Waals surface area contributed by atoms with E-state index in [0.29, 0.717) is 22.7 Å². The van der Waals surface area contributed by atoms with Crippen molar-refractivity contribution < 1.29 is 0 Å². The van der Waals surface area contributed by atoms with E-state index in [1.54, 1.807) is 12.1 Å². The summed E-state index contributed by atoms with van der Waals surface area (Å²) in [6, 6.07) is 11.5. The zero-order chi connectivity index (χ0) is 15.6. The Morgan fingerprint density at radius 3 is 2.24 bits per heavy atom. The van der Waals surface area contributed by atoms with Crippen LogP contribution in [0.5, 0.6) is 0 Å². The number of nitriles is 2. The van der Waals surface area contributed by atoms with Crippen LogP contribution in [0, 0.1) is 36.5 Å². The second-order valence-corrected chi connectivity index (χ2v) is 5.30. The first-order valence-electron chi connectivity index (χ1n) is 6.38. The summed E-state index contributed by atoms with van der Waals surface area (Å²) in [5.41, 5.74) is 10.4. The van der Waals surface area contributed by atoms with Crippen LogP contribution in [-0.4, -0.2) is 9.56 Å². The predicted octanol–water partition coefficient (Wildman–Crippen LogP) is 2.80. The largest absolute Gasteiger partial charge is 0.392 e. The molecule has 0 amide bonds. The van der Waals surface area contributed by atoms with Crippen molar-refractivity contribution in [1.29, 1.82) is 10.5 Å². The Bertz CT molecular complexity index is 786. The van der Waals surface area contributed by atoms with Gasteiger partial charge in [0.05, 0.1) is 28.7 Å². The molecular formula is C16H14N4S. The molecule has 1 aromatic carbocycles. The third kappa shape index (κ3) is 2.65. The summed E-state index contributed by atoms with van der Waals surface area (Å²) in [7, 11) is 0. The van der Waals surface area contributed by atoms with Crippen LogP contribution in [0.4, 0.5) is 0 Å². The third-order valence-corrected chi connectivity index (χ3v) is 3.64. The lowest BCUT2D eigenvalue weighted by atomic mass is 10.0. The molecule has 0 spiro atoms. The van der Waals surface area contributed by atoms with Crippen molar-refractivity contribution in [2.45, 2.75) is 20.4 Å². The number of thiocarbonyl (C=S) groups is 1. The van der Waals surface area contributed by atoms with E-state index in [4.69, 9.17) is 23.2 Å². The highest BCUT2D eigenvalue weighted by atomic mass is 32.1. The van der Waals surface area contributed by atoms with E-state index in [2.05, 4.69) is 12.1 Å². The molecule has 2 aromatic rings. The highest BCUT2D eigenvalue weighted by molar-refractivity contribution is 7.80. The van der Waals surface area contributed by atoms with Crippen LogP contribution < -0.4 is 5.73 Å². The average Bonchev–Trinajstić information content (AvgIpc) is 2.71. The standard InChI is InChI=1S/C16H14N4S/c1-10-14(8-18)16(11(2)20(10)9-15(19)21)13-5-3-12(7-17)4-6-13/h3-6H,9H2,1-2H3,(H2,19,21). The second-order valence-electron chi connectivity index (χ2n) is 4.77. The Morgan fingerprint density at radius 1 is 1.14 bits per heavy atom. The van der Waals surface area contributed by atoms with Crippen molar-refractivity contribution in [1.82, 2.24) is 4.57 Å². The molecule has 0 radical (unpaired) electrons. The fourth-order valence-electron chi connectivity index (χ4n) is 2.48. The summed E-state index contributed by atoms with van der Waals surface area (Å²) in [6.07, 6.45) is 0. The van der Waals surface area contributed by atoms with Gasteiger partial charge >= 0.3 is 0 Å². The van der Waals surface area contributed by atoms with Crippen molar-refractivity contribution in [2.24, 2.45) is 5.73 Å². The molecule has 0 unspecified atom stereocenters. The van der Waals surface area contributed by atoms with Crippen LogP contribution in [0.2, 0.25) is 0 Å². The van der Waals surface area contributed by atoms with Crippen LogP contribution in [0.25, 0.3) is 11.1 Å². The molecule has 0 fully saturated rings. The third-order valence-electron chi connectivity index (χ3n) is 3.51. The first kappa shape index (κ1) is 14.8. The molecule has 0 aliphatic carbocycles. The van der Waals surface area contributed by atoms with E-state index in [9.17, 15) is 5.26 Å². The maximum absolute atomic E-state index is 9.45. The lowest BCUT2D eigenvalue weighted by Crippen LogP contribution is -2.18. The van der Waals surface area contributed by atoms with Crippen LogP contribution in [0.3, 0.4) is 0 Å². The quantitative estimate of drug-likeness (QED) is 0.883. The summed E-state index contributed by atoms with van der Waals surface area (Å²) in [5, 5.41) is 18.3. The lowest BCUT2D eigenvalue weighted by Gasteiger charge is -2.08. The first-order valence-corrected chi connectivity index (χ1v) is 6.79.